The Labute approximate surface area is 182 Å². The van der Waals surface area contributed by atoms with E-state index in [4.69, 9.17) is 4.74 Å². The molecule has 3 rings (SSSR count). The number of hydrogen-bond donors (Lipinski definition) is 1. The van der Waals surface area contributed by atoms with E-state index in [9.17, 15) is 14.9 Å². The number of nitrogens with zero attached hydrogens (tertiary/aromatic N) is 3. The Kier molecular flexibility index (Phi) is 7.59. The third-order valence-electron chi connectivity index (χ3n) is 5.96. The van der Waals surface area contributed by atoms with Crippen molar-refractivity contribution < 1.29 is 14.5 Å². The Morgan fingerprint density at radius 2 is 2.06 bits per heavy atom. The molecule has 0 bridgehead atoms. The van der Waals surface area contributed by atoms with Gasteiger partial charge in [-0.3, -0.25) is 24.7 Å². The topological polar surface area (TPSA) is 88.0 Å². The van der Waals surface area contributed by atoms with Crippen LogP contribution >= 0.6 is 0 Å². The Hall–Kier alpha value is -2.97. The molecule has 1 aliphatic heterocycles. The van der Waals surface area contributed by atoms with E-state index in [1.807, 2.05) is 6.07 Å². The molecule has 0 aromatic heterocycles. The summed E-state index contributed by atoms with van der Waals surface area (Å²) >= 11 is 0. The molecule has 2 aromatic carbocycles. The minimum atomic E-state index is -0.491. The maximum Gasteiger partial charge on any atom is 0.273 e. The molecule has 31 heavy (non-hydrogen) atoms. The van der Waals surface area contributed by atoms with Crippen LogP contribution in [0.2, 0.25) is 0 Å². The number of nitro groups is 1. The lowest BCUT2D eigenvalue weighted by Crippen LogP contribution is -2.42. The number of likely N-dealkylation sites (tertiary alicyclic amines) is 1. The second-order valence-electron chi connectivity index (χ2n) is 7.78. The monoisotopic (exact) mass is 426 g/mol. The Balaban J connectivity index is 1.60. The number of likely N-dealkylation sites (N-methyl/N-ethyl adjacent to an activating group) is 1. The number of carbonyl (C=O) groups excluding carboxylic acids is 1. The Bertz CT molecular complexity index is 906. The predicted molar refractivity (Wildman–Crippen MR) is 120 cm³/mol. The first-order chi connectivity index (χ1) is 14.9. The lowest BCUT2D eigenvalue weighted by atomic mass is 10.1. The quantitative estimate of drug-likeness (QED) is 0.486. The number of non-ortho nitro benzene ring substituents is 1. The molecule has 0 radical (unpaired) electrons. The van der Waals surface area contributed by atoms with E-state index >= 15 is 0 Å². The van der Waals surface area contributed by atoms with Crippen molar-refractivity contribution in [2.45, 2.75) is 32.4 Å². The van der Waals surface area contributed by atoms with Gasteiger partial charge in [0.15, 0.2) is 0 Å². The molecule has 166 valence electrons. The van der Waals surface area contributed by atoms with Gasteiger partial charge in [0.25, 0.3) is 5.69 Å². The summed E-state index contributed by atoms with van der Waals surface area (Å²) in [7, 11) is 1.42. The highest BCUT2D eigenvalue weighted by molar-refractivity contribution is 5.94. The van der Waals surface area contributed by atoms with Gasteiger partial charge in [0.05, 0.1) is 30.3 Å². The van der Waals surface area contributed by atoms with Crippen LogP contribution in [0.4, 0.5) is 11.4 Å². The van der Waals surface area contributed by atoms with Gasteiger partial charge in [-0.05, 0) is 31.5 Å². The number of methoxy groups -OCH3 is 1. The number of carbonyl (C=O) groups is 1. The van der Waals surface area contributed by atoms with Crippen LogP contribution in [-0.2, 0) is 4.79 Å². The number of ether oxygens (including phenoxy) is 1. The lowest BCUT2D eigenvalue weighted by molar-refractivity contribution is -0.384. The largest absolute Gasteiger partial charge is 0.494 e. The van der Waals surface area contributed by atoms with Crippen LogP contribution in [0, 0.1) is 10.1 Å². The van der Waals surface area contributed by atoms with Crippen molar-refractivity contribution in [2.75, 3.05) is 38.6 Å². The van der Waals surface area contributed by atoms with E-state index in [1.54, 1.807) is 0 Å². The minimum absolute atomic E-state index is 0.0800. The van der Waals surface area contributed by atoms with Gasteiger partial charge < -0.3 is 10.1 Å². The molecule has 0 aliphatic carbocycles. The van der Waals surface area contributed by atoms with Gasteiger partial charge in [-0.1, -0.05) is 37.3 Å². The first-order valence-electron chi connectivity index (χ1n) is 10.6. The number of rotatable bonds is 9. The summed E-state index contributed by atoms with van der Waals surface area (Å²) in [6, 6.07) is 15.3. The fraction of sp³-hybridized carbons (Fsp3) is 0.435. The molecule has 2 atom stereocenters. The van der Waals surface area contributed by atoms with Crippen LogP contribution in [-0.4, -0.2) is 60.0 Å². The molecule has 1 heterocycles. The summed E-state index contributed by atoms with van der Waals surface area (Å²) in [5.41, 5.74) is 1.65. The van der Waals surface area contributed by atoms with Gasteiger partial charge in [-0.15, -0.1) is 0 Å². The maximum absolute atomic E-state index is 12.7. The lowest BCUT2D eigenvalue weighted by Gasteiger charge is -2.29. The van der Waals surface area contributed by atoms with Gasteiger partial charge in [-0.25, -0.2) is 0 Å². The highest BCUT2D eigenvalue weighted by Crippen LogP contribution is 2.29. The summed E-state index contributed by atoms with van der Waals surface area (Å²) in [6.45, 7) is 7.22. The van der Waals surface area contributed by atoms with E-state index in [1.165, 1.54) is 30.9 Å². The van der Waals surface area contributed by atoms with E-state index in [2.05, 4.69) is 53.2 Å². The molecular formula is C23H30N4O4. The van der Waals surface area contributed by atoms with Gasteiger partial charge in [0.1, 0.15) is 5.75 Å². The molecule has 0 saturated carbocycles. The first kappa shape index (κ1) is 22.7. The number of hydrogen-bond acceptors (Lipinski definition) is 6. The van der Waals surface area contributed by atoms with Gasteiger partial charge >= 0.3 is 0 Å². The summed E-state index contributed by atoms with van der Waals surface area (Å²) in [5, 5.41) is 13.8. The summed E-state index contributed by atoms with van der Waals surface area (Å²) in [6.07, 6.45) is 1.01. The van der Waals surface area contributed by atoms with Crippen molar-refractivity contribution in [1.29, 1.82) is 0 Å². The second kappa shape index (κ2) is 10.4. The molecule has 1 fully saturated rings. The normalized spacial score (nSPS) is 17.5. The van der Waals surface area contributed by atoms with Crippen LogP contribution in [0.15, 0.2) is 48.5 Å². The van der Waals surface area contributed by atoms with Crippen molar-refractivity contribution in [3.8, 4) is 5.75 Å². The third kappa shape index (κ3) is 5.59. The Morgan fingerprint density at radius 1 is 1.32 bits per heavy atom. The molecule has 8 nitrogen and oxygen atoms in total. The highest BCUT2D eigenvalue weighted by atomic mass is 16.6. The summed E-state index contributed by atoms with van der Waals surface area (Å²) in [5.74, 6) is 0.109. The molecular weight excluding hydrogens is 396 g/mol. The van der Waals surface area contributed by atoms with Crippen LogP contribution in [0.5, 0.6) is 5.75 Å². The number of nitro benzene ring substituents is 1. The average molecular weight is 427 g/mol. The van der Waals surface area contributed by atoms with Crippen molar-refractivity contribution in [3.05, 3.63) is 64.2 Å². The van der Waals surface area contributed by atoms with E-state index < -0.39 is 4.92 Å². The maximum atomic E-state index is 12.7. The zero-order chi connectivity index (χ0) is 22.4. The molecule has 1 saturated heterocycles. The van der Waals surface area contributed by atoms with Crippen molar-refractivity contribution in [1.82, 2.24) is 9.80 Å². The molecule has 2 aromatic rings. The number of anilines is 1. The van der Waals surface area contributed by atoms with Gasteiger partial charge in [0.2, 0.25) is 5.91 Å². The van der Waals surface area contributed by atoms with Gasteiger partial charge in [-0.2, -0.15) is 0 Å². The van der Waals surface area contributed by atoms with Crippen molar-refractivity contribution in [2.24, 2.45) is 0 Å². The van der Waals surface area contributed by atoms with Gasteiger partial charge in [0, 0.05) is 31.2 Å². The zero-order valence-corrected chi connectivity index (χ0v) is 18.3. The molecule has 1 aliphatic rings. The fourth-order valence-corrected chi connectivity index (χ4v) is 4.13. The van der Waals surface area contributed by atoms with Crippen LogP contribution < -0.4 is 10.1 Å². The second-order valence-corrected chi connectivity index (χ2v) is 7.78. The molecule has 0 spiro atoms. The fourth-order valence-electron chi connectivity index (χ4n) is 4.13. The highest BCUT2D eigenvalue weighted by Gasteiger charge is 2.31. The molecule has 1 amide bonds. The number of nitrogens with one attached hydrogen (secondary N) is 1. The average Bonchev–Trinajstić information content (AvgIpc) is 3.27. The van der Waals surface area contributed by atoms with Crippen molar-refractivity contribution in [3.63, 3.8) is 0 Å². The minimum Gasteiger partial charge on any atom is -0.494 e. The third-order valence-corrected chi connectivity index (χ3v) is 5.96. The molecule has 2 unspecified atom stereocenters. The summed E-state index contributed by atoms with van der Waals surface area (Å²) in [4.78, 5) is 27.8. The SMILES string of the molecule is CCN(CC(=O)Nc1ccc([N+](=O)[O-])cc1OC)C1CCN(C(C)c2ccccc2)C1. The number of amides is 1. The van der Waals surface area contributed by atoms with E-state index in [-0.39, 0.29) is 23.9 Å². The van der Waals surface area contributed by atoms with Crippen molar-refractivity contribution >= 4 is 17.3 Å². The predicted octanol–water partition coefficient (Wildman–Crippen LogP) is 3.70. The molecule has 1 N–H and O–H groups in total. The Morgan fingerprint density at radius 3 is 2.71 bits per heavy atom. The zero-order valence-electron chi connectivity index (χ0n) is 18.3. The van der Waals surface area contributed by atoms with Crippen LogP contribution in [0.25, 0.3) is 0 Å². The number of benzene rings is 2. The standard InChI is InChI=1S/C23H30N4O4/c1-4-25(20-12-13-26(15-20)17(2)18-8-6-5-7-9-18)16-23(28)24-21-11-10-19(27(29)30)14-22(21)31-3/h5-11,14,17,20H,4,12-13,15-16H2,1-3H3,(H,24,28). The first-order valence-corrected chi connectivity index (χ1v) is 10.6. The smallest absolute Gasteiger partial charge is 0.273 e. The van der Waals surface area contributed by atoms with E-state index in [0.29, 0.717) is 17.8 Å². The summed E-state index contributed by atoms with van der Waals surface area (Å²) < 4.78 is 5.21. The van der Waals surface area contributed by atoms with Crippen LogP contribution in [0.1, 0.15) is 31.9 Å². The van der Waals surface area contributed by atoms with Crippen LogP contribution in [0.3, 0.4) is 0 Å². The molecule has 8 heteroatoms. The van der Waals surface area contributed by atoms with E-state index in [0.717, 1.165) is 26.1 Å².